The van der Waals surface area contributed by atoms with Crippen molar-refractivity contribution in [2.24, 2.45) is 5.10 Å². The van der Waals surface area contributed by atoms with Gasteiger partial charge in [0.05, 0.1) is 11.6 Å². The molecule has 20 heavy (non-hydrogen) atoms. The average molecular weight is 264 g/mol. The van der Waals surface area contributed by atoms with Gasteiger partial charge in [0, 0.05) is 5.39 Å². The van der Waals surface area contributed by atoms with Crippen LogP contribution in [0.15, 0.2) is 64.5 Å². The molecule has 0 unspecified atom stereocenters. The standard InChI is InChI=1S/C15H12N4O/c20-15-13-9-5-4-8-12(13)14(18-19-15)17-16-10-11-6-2-1-3-7-11/h1-10H,(H,17,18)(H,19,20)/b16-10+. The molecule has 0 atom stereocenters. The van der Waals surface area contributed by atoms with Crippen LogP contribution in [0.5, 0.6) is 0 Å². The SMILES string of the molecule is O=c1[nH]nc(N/N=C/c2ccccc2)c2ccccc12. The number of hydrazone groups is 1. The van der Waals surface area contributed by atoms with Crippen molar-refractivity contribution in [3.05, 3.63) is 70.5 Å². The minimum absolute atomic E-state index is 0.210. The van der Waals surface area contributed by atoms with E-state index in [2.05, 4.69) is 20.7 Å². The average Bonchev–Trinajstić information content (AvgIpc) is 2.51. The number of benzene rings is 2. The Kier molecular flexibility index (Phi) is 3.24. The van der Waals surface area contributed by atoms with Crippen molar-refractivity contribution < 1.29 is 0 Å². The Balaban J connectivity index is 1.90. The van der Waals surface area contributed by atoms with E-state index in [0.29, 0.717) is 11.2 Å². The van der Waals surface area contributed by atoms with Crippen LogP contribution in [0.25, 0.3) is 10.8 Å². The monoisotopic (exact) mass is 264 g/mol. The first-order valence-electron chi connectivity index (χ1n) is 6.16. The van der Waals surface area contributed by atoms with Crippen LogP contribution in [-0.4, -0.2) is 16.4 Å². The smallest absolute Gasteiger partial charge is 0.267 e. The normalized spacial score (nSPS) is 11.0. The molecule has 5 nitrogen and oxygen atoms in total. The van der Waals surface area contributed by atoms with Crippen molar-refractivity contribution in [1.82, 2.24) is 10.2 Å². The van der Waals surface area contributed by atoms with Crippen LogP contribution in [0.3, 0.4) is 0 Å². The van der Waals surface area contributed by atoms with Crippen molar-refractivity contribution in [2.45, 2.75) is 0 Å². The van der Waals surface area contributed by atoms with Crippen LogP contribution in [0, 0.1) is 0 Å². The Morgan fingerprint density at radius 3 is 2.50 bits per heavy atom. The van der Waals surface area contributed by atoms with Crippen molar-refractivity contribution in [1.29, 1.82) is 0 Å². The summed E-state index contributed by atoms with van der Waals surface area (Å²) in [6.07, 6.45) is 1.70. The number of nitrogens with one attached hydrogen (secondary N) is 2. The molecule has 2 aromatic carbocycles. The zero-order valence-electron chi connectivity index (χ0n) is 10.6. The summed E-state index contributed by atoms with van der Waals surface area (Å²) < 4.78 is 0. The minimum Gasteiger partial charge on any atom is -0.267 e. The van der Waals surface area contributed by atoms with Gasteiger partial charge in [-0.3, -0.25) is 10.2 Å². The molecule has 0 bridgehead atoms. The summed E-state index contributed by atoms with van der Waals surface area (Å²) >= 11 is 0. The highest BCUT2D eigenvalue weighted by Gasteiger charge is 2.03. The second-order valence-corrected chi connectivity index (χ2v) is 4.23. The number of hydrogen-bond acceptors (Lipinski definition) is 4. The molecule has 5 heteroatoms. The van der Waals surface area contributed by atoms with Gasteiger partial charge in [0.2, 0.25) is 0 Å². The zero-order valence-corrected chi connectivity index (χ0v) is 10.6. The summed E-state index contributed by atoms with van der Waals surface area (Å²) in [7, 11) is 0. The predicted octanol–water partition coefficient (Wildman–Crippen LogP) is 2.37. The van der Waals surface area contributed by atoms with Crippen LogP contribution in [0.4, 0.5) is 5.82 Å². The molecule has 0 saturated carbocycles. The quantitative estimate of drug-likeness (QED) is 0.563. The Bertz CT molecular complexity index is 809. The lowest BCUT2D eigenvalue weighted by molar-refractivity contribution is 1.00. The number of anilines is 1. The Morgan fingerprint density at radius 2 is 1.70 bits per heavy atom. The summed E-state index contributed by atoms with van der Waals surface area (Å²) in [5, 5.41) is 11.9. The Morgan fingerprint density at radius 1 is 1.00 bits per heavy atom. The summed E-state index contributed by atoms with van der Waals surface area (Å²) in [5.41, 5.74) is 3.62. The molecule has 1 heterocycles. The van der Waals surface area contributed by atoms with Crippen molar-refractivity contribution in [2.75, 3.05) is 5.43 Å². The molecule has 0 saturated heterocycles. The second-order valence-electron chi connectivity index (χ2n) is 4.23. The van der Waals surface area contributed by atoms with E-state index >= 15 is 0 Å². The maximum absolute atomic E-state index is 11.6. The molecule has 3 aromatic rings. The number of nitrogens with zero attached hydrogens (tertiary/aromatic N) is 2. The van der Waals surface area contributed by atoms with Crippen molar-refractivity contribution in [3.8, 4) is 0 Å². The molecule has 0 aliphatic rings. The zero-order chi connectivity index (χ0) is 13.8. The third-order valence-electron chi connectivity index (χ3n) is 2.88. The highest BCUT2D eigenvalue weighted by atomic mass is 16.1. The molecule has 0 aliphatic heterocycles. The highest BCUT2D eigenvalue weighted by Crippen LogP contribution is 2.16. The fourth-order valence-electron chi connectivity index (χ4n) is 1.91. The molecule has 0 radical (unpaired) electrons. The van der Waals surface area contributed by atoms with E-state index in [1.807, 2.05) is 48.5 Å². The molecular formula is C15H12N4O. The Hall–Kier alpha value is -2.95. The predicted molar refractivity (Wildman–Crippen MR) is 80.0 cm³/mol. The molecule has 3 rings (SSSR count). The van der Waals surface area contributed by atoms with Gasteiger partial charge in [0.25, 0.3) is 5.56 Å². The maximum atomic E-state index is 11.6. The van der Waals surface area contributed by atoms with Crippen LogP contribution in [0.1, 0.15) is 5.56 Å². The first-order chi connectivity index (χ1) is 9.84. The molecule has 0 spiro atoms. The Labute approximate surface area is 115 Å². The second kappa shape index (κ2) is 5.36. The van der Waals surface area contributed by atoms with Gasteiger partial charge in [-0.25, -0.2) is 5.10 Å². The largest absolute Gasteiger partial charge is 0.272 e. The number of hydrogen-bond donors (Lipinski definition) is 2. The van der Waals surface area contributed by atoms with Gasteiger partial charge < -0.3 is 0 Å². The van der Waals surface area contributed by atoms with Crippen molar-refractivity contribution in [3.63, 3.8) is 0 Å². The van der Waals surface area contributed by atoms with Gasteiger partial charge in [0.15, 0.2) is 5.82 Å². The van der Waals surface area contributed by atoms with Crippen LogP contribution in [0.2, 0.25) is 0 Å². The first kappa shape index (κ1) is 12.1. The number of aromatic amines is 1. The van der Waals surface area contributed by atoms with Gasteiger partial charge in [-0.05, 0) is 11.6 Å². The van der Waals surface area contributed by atoms with Gasteiger partial charge >= 0.3 is 0 Å². The van der Waals surface area contributed by atoms with Crippen molar-refractivity contribution >= 4 is 22.8 Å². The first-order valence-corrected chi connectivity index (χ1v) is 6.16. The van der Waals surface area contributed by atoms with E-state index in [4.69, 9.17) is 0 Å². The van der Waals surface area contributed by atoms with Crippen LogP contribution < -0.4 is 11.0 Å². The fraction of sp³-hybridized carbons (Fsp3) is 0. The summed E-state index contributed by atoms with van der Waals surface area (Å²) in [4.78, 5) is 11.6. The van der Waals surface area contributed by atoms with E-state index in [0.717, 1.165) is 10.9 Å². The molecule has 0 amide bonds. The molecule has 1 aromatic heterocycles. The van der Waals surface area contributed by atoms with E-state index < -0.39 is 0 Å². The van der Waals surface area contributed by atoms with Crippen LogP contribution in [-0.2, 0) is 0 Å². The van der Waals surface area contributed by atoms with Gasteiger partial charge in [-0.2, -0.15) is 10.2 Å². The van der Waals surface area contributed by atoms with Gasteiger partial charge in [-0.1, -0.05) is 48.5 Å². The van der Waals surface area contributed by atoms with Gasteiger partial charge in [-0.15, -0.1) is 0 Å². The lowest BCUT2D eigenvalue weighted by Crippen LogP contribution is -2.10. The summed E-state index contributed by atoms with van der Waals surface area (Å²) in [6.45, 7) is 0. The van der Waals surface area contributed by atoms with Gasteiger partial charge in [0.1, 0.15) is 0 Å². The number of aromatic nitrogens is 2. The maximum Gasteiger partial charge on any atom is 0.272 e. The highest BCUT2D eigenvalue weighted by molar-refractivity contribution is 5.91. The van der Waals surface area contributed by atoms with E-state index in [-0.39, 0.29) is 5.56 Å². The molecule has 0 fully saturated rings. The topological polar surface area (TPSA) is 70.1 Å². The number of H-pyrrole nitrogens is 1. The molecular weight excluding hydrogens is 252 g/mol. The number of fused-ring (bicyclic) bond motifs is 1. The lowest BCUT2D eigenvalue weighted by Gasteiger charge is -2.03. The molecule has 2 N–H and O–H groups in total. The van der Waals surface area contributed by atoms with E-state index in [1.54, 1.807) is 12.3 Å². The third kappa shape index (κ3) is 2.42. The molecule has 98 valence electrons. The fourth-order valence-corrected chi connectivity index (χ4v) is 1.91. The minimum atomic E-state index is -0.210. The summed E-state index contributed by atoms with van der Waals surface area (Å²) in [6, 6.07) is 17.0. The van der Waals surface area contributed by atoms with E-state index in [9.17, 15) is 4.79 Å². The molecule has 0 aliphatic carbocycles. The summed E-state index contributed by atoms with van der Waals surface area (Å²) in [5.74, 6) is 0.521. The lowest BCUT2D eigenvalue weighted by atomic mass is 10.2. The van der Waals surface area contributed by atoms with E-state index in [1.165, 1.54) is 0 Å². The van der Waals surface area contributed by atoms with Crippen LogP contribution >= 0.6 is 0 Å². The third-order valence-corrected chi connectivity index (χ3v) is 2.88. The number of rotatable bonds is 3.